The summed E-state index contributed by atoms with van der Waals surface area (Å²) in [5.41, 5.74) is 1.85. The Morgan fingerprint density at radius 3 is 2.53 bits per heavy atom. The van der Waals surface area contributed by atoms with Gasteiger partial charge in [-0.05, 0) is 43.5 Å². The highest BCUT2D eigenvalue weighted by molar-refractivity contribution is 7.98. The maximum Gasteiger partial charge on any atom is 0.283 e. The van der Waals surface area contributed by atoms with E-state index in [-0.39, 0.29) is 15.3 Å². The van der Waals surface area contributed by atoms with Crippen LogP contribution in [-0.2, 0) is 10.0 Å². The highest BCUT2D eigenvalue weighted by Gasteiger charge is 2.24. The number of nitrogens with zero attached hydrogens (tertiary/aromatic N) is 3. The molecule has 0 bridgehead atoms. The van der Waals surface area contributed by atoms with Gasteiger partial charge in [-0.25, -0.2) is 23.1 Å². The number of carbonyl (C=O) groups is 1. The van der Waals surface area contributed by atoms with Crippen molar-refractivity contribution in [3.05, 3.63) is 75.0 Å². The summed E-state index contributed by atoms with van der Waals surface area (Å²) >= 11 is 14.6. The van der Waals surface area contributed by atoms with Crippen LogP contribution in [0.3, 0.4) is 0 Å². The third-order valence-electron chi connectivity index (χ3n) is 4.62. The van der Waals surface area contributed by atoms with Crippen molar-refractivity contribution in [2.45, 2.75) is 16.5 Å². The Labute approximate surface area is 202 Å². The average molecular weight is 527 g/mol. The zero-order chi connectivity index (χ0) is 23.0. The number of rotatable bonds is 6. The number of aromatic nitrogens is 3. The minimum atomic E-state index is -4.06. The molecule has 1 atom stereocenters. The number of pyridine rings is 1. The summed E-state index contributed by atoms with van der Waals surface area (Å²) in [5, 5.41) is 0.360. The van der Waals surface area contributed by atoms with Gasteiger partial charge in [-0.15, -0.1) is 23.1 Å². The topological polar surface area (TPSA) is 94.0 Å². The summed E-state index contributed by atoms with van der Waals surface area (Å²) in [6, 6.07) is 13.3. The first-order valence-corrected chi connectivity index (χ1v) is 13.5. The number of amides is 1. The molecule has 0 aliphatic rings. The van der Waals surface area contributed by atoms with Crippen molar-refractivity contribution < 1.29 is 13.2 Å². The van der Waals surface area contributed by atoms with E-state index >= 15 is 0 Å². The molecule has 0 aliphatic carbocycles. The second kappa shape index (κ2) is 9.03. The van der Waals surface area contributed by atoms with E-state index < -0.39 is 15.9 Å². The van der Waals surface area contributed by atoms with Gasteiger partial charge in [-0.1, -0.05) is 41.4 Å². The fourth-order valence-corrected chi connectivity index (χ4v) is 6.88. The lowest BCUT2D eigenvalue weighted by molar-refractivity contribution is 0.0977. The van der Waals surface area contributed by atoms with Crippen LogP contribution in [0.1, 0.15) is 27.3 Å². The Hall–Kier alpha value is -2.11. The maximum atomic E-state index is 12.7. The standard InChI is InChI=1S/C20H16Cl2N4O3S3/c1-11-23-14-7-8-15(19(27)25-32(28,29)17-10-9-16(22)31-17)24-18(14)26(11)20(30-2)12-5-3-4-6-13(12)21/h3-10,20H,1-2H3,(H,25,27). The van der Waals surface area contributed by atoms with Crippen LogP contribution in [0.15, 0.2) is 52.7 Å². The molecule has 4 aromatic rings. The van der Waals surface area contributed by atoms with E-state index in [9.17, 15) is 13.2 Å². The molecule has 0 aliphatic heterocycles. The molecule has 166 valence electrons. The number of nitrogens with one attached hydrogen (secondary N) is 1. The van der Waals surface area contributed by atoms with Gasteiger partial charge in [0.05, 0.1) is 4.34 Å². The third-order valence-corrected chi connectivity index (χ3v) is 8.93. The number of fused-ring (bicyclic) bond motifs is 1. The normalized spacial score (nSPS) is 12.8. The molecule has 12 heteroatoms. The van der Waals surface area contributed by atoms with Crippen molar-refractivity contribution in [3.63, 3.8) is 0 Å². The predicted octanol–water partition coefficient (Wildman–Crippen LogP) is 5.14. The monoisotopic (exact) mass is 526 g/mol. The summed E-state index contributed by atoms with van der Waals surface area (Å²) in [5.74, 6) is -0.162. The Bertz CT molecular complexity index is 1430. The number of thiophene rings is 1. The van der Waals surface area contributed by atoms with Crippen LogP contribution in [0.5, 0.6) is 0 Å². The number of thioether (sulfide) groups is 1. The van der Waals surface area contributed by atoms with Crippen molar-refractivity contribution >= 4 is 73.4 Å². The van der Waals surface area contributed by atoms with E-state index in [4.69, 9.17) is 23.2 Å². The molecule has 32 heavy (non-hydrogen) atoms. The summed E-state index contributed by atoms with van der Waals surface area (Å²) in [6.45, 7) is 1.84. The number of halogens is 2. The number of imidazole rings is 1. The van der Waals surface area contributed by atoms with E-state index in [2.05, 4.69) is 9.97 Å². The largest absolute Gasteiger partial charge is 0.296 e. The molecular weight excluding hydrogens is 511 g/mol. The molecule has 4 rings (SSSR count). The lowest BCUT2D eigenvalue weighted by atomic mass is 10.2. The fraction of sp³-hybridized carbons (Fsp3) is 0.150. The molecule has 0 spiro atoms. The van der Waals surface area contributed by atoms with Crippen molar-refractivity contribution in [1.29, 1.82) is 0 Å². The Kier molecular flexibility index (Phi) is 6.51. The smallest absolute Gasteiger partial charge is 0.283 e. The predicted molar refractivity (Wildman–Crippen MR) is 129 cm³/mol. The minimum absolute atomic E-state index is 0.0520. The molecule has 1 unspecified atom stereocenters. The van der Waals surface area contributed by atoms with Crippen molar-refractivity contribution in [2.75, 3.05) is 6.26 Å². The van der Waals surface area contributed by atoms with Gasteiger partial charge in [0.1, 0.15) is 26.6 Å². The van der Waals surface area contributed by atoms with Crippen molar-refractivity contribution in [3.8, 4) is 0 Å². The first kappa shape index (κ1) is 23.1. The van der Waals surface area contributed by atoms with E-state index in [1.54, 1.807) is 6.07 Å². The van der Waals surface area contributed by atoms with Crippen molar-refractivity contribution in [2.24, 2.45) is 0 Å². The second-order valence-corrected chi connectivity index (χ2v) is 11.6. The van der Waals surface area contributed by atoms with Gasteiger partial charge < -0.3 is 0 Å². The molecule has 3 heterocycles. The van der Waals surface area contributed by atoms with Crippen LogP contribution in [0, 0.1) is 6.92 Å². The highest BCUT2D eigenvalue weighted by Crippen LogP contribution is 2.36. The summed E-state index contributed by atoms with van der Waals surface area (Å²) < 4.78 is 29.2. The Balaban J connectivity index is 1.74. The molecule has 0 fully saturated rings. The van der Waals surface area contributed by atoms with E-state index in [0.717, 1.165) is 16.9 Å². The lowest BCUT2D eigenvalue weighted by Gasteiger charge is -2.20. The van der Waals surface area contributed by atoms with Gasteiger partial charge in [-0.3, -0.25) is 9.36 Å². The first-order chi connectivity index (χ1) is 15.2. The van der Waals surface area contributed by atoms with Gasteiger partial charge in [0.2, 0.25) is 0 Å². The highest BCUT2D eigenvalue weighted by atomic mass is 35.5. The zero-order valence-electron chi connectivity index (χ0n) is 16.7. The summed E-state index contributed by atoms with van der Waals surface area (Å²) in [7, 11) is -4.06. The molecule has 0 saturated carbocycles. The number of hydrogen-bond acceptors (Lipinski definition) is 7. The number of carbonyl (C=O) groups excluding carboxylic acids is 1. The quantitative estimate of drug-likeness (QED) is 0.374. The van der Waals surface area contributed by atoms with Gasteiger partial charge in [0.15, 0.2) is 5.65 Å². The van der Waals surface area contributed by atoms with Crippen LogP contribution in [0.2, 0.25) is 9.36 Å². The van der Waals surface area contributed by atoms with Crippen LogP contribution in [0.25, 0.3) is 11.2 Å². The molecule has 1 aromatic carbocycles. The molecule has 1 amide bonds. The molecular formula is C20H16Cl2N4O3S3. The lowest BCUT2D eigenvalue weighted by Crippen LogP contribution is -2.30. The van der Waals surface area contributed by atoms with Crippen LogP contribution in [-0.4, -0.2) is 35.1 Å². The number of benzene rings is 1. The SMILES string of the molecule is CSC(c1ccccc1Cl)n1c(C)nc2ccc(C(=O)NS(=O)(=O)c3ccc(Cl)s3)nc21. The molecule has 0 radical (unpaired) electrons. The molecule has 7 nitrogen and oxygen atoms in total. The molecule has 3 aromatic heterocycles. The van der Waals surface area contributed by atoms with Gasteiger partial charge in [-0.2, -0.15) is 0 Å². The minimum Gasteiger partial charge on any atom is -0.296 e. The third kappa shape index (κ3) is 4.38. The van der Waals surface area contributed by atoms with Crippen molar-refractivity contribution in [1.82, 2.24) is 19.3 Å². The second-order valence-electron chi connectivity index (χ2n) is 6.67. The van der Waals surface area contributed by atoms with E-state index in [0.29, 0.717) is 26.3 Å². The Morgan fingerprint density at radius 1 is 1.12 bits per heavy atom. The maximum absolute atomic E-state index is 12.7. The van der Waals surface area contributed by atoms with E-state index in [1.807, 2.05) is 46.7 Å². The molecule has 0 saturated heterocycles. The van der Waals surface area contributed by atoms with Crippen LogP contribution < -0.4 is 4.72 Å². The fourth-order valence-electron chi connectivity index (χ4n) is 3.21. The van der Waals surface area contributed by atoms with Crippen LogP contribution in [0.4, 0.5) is 0 Å². The number of hydrogen-bond donors (Lipinski definition) is 1. The zero-order valence-corrected chi connectivity index (χ0v) is 20.7. The van der Waals surface area contributed by atoms with Crippen LogP contribution >= 0.6 is 46.3 Å². The summed E-state index contributed by atoms with van der Waals surface area (Å²) in [6.07, 6.45) is 1.94. The Morgan fingerprint density at radius 2 is 1.88 bits per heavy atom. The van der Waals surface area contributed by atoms with Gasteiger partial charge >= 0.3 is 0 Å². The number of sulfonamides is 1. The van der Waals surface area contributed by atoms with E-state index in [1.165, 1.54) is 30.0 Å². The first-order valence-electron chi connectivity index (χ1n) is 9.16. The van der Waals surface area contributed by atoms with Gasteiger partial charge in [0.25, 0.3) is 15.9 Å². The average Bonchev–Trinajstić information content (AvgIpc) is 3.33. The molecule has 1 N–H and O–H groups in total. The summed E-state index contributed by atoms with van der Waals surface area (Å²) in [4.78, 5) is 21.7. The van der Waals surface area contributed by atoms with Gasteiger partial charge in [0, 0.05) is 10.6 Å². The number of aryl methyl sites for hydroxylation is 1.